The fourth-order valence-electron chi connectivity index (χ4n) is 3.62. The minimum Gasteiger partial charge on any atom is -0.396 e. The van der Waals surface area contributed by atoms with Gasteiger partial charge in [-0.25, -0.2) is 9.97 Å². The van der Waals surface area contributed by atoms with Gasteiger partial charge in [-0.05, 0) is 43.7 Å². The van der Waals surface area contributed by atoms with Crippen LogP contribution in [0.2, 0.25) is 5.15 Å². The quantitative estimate of drug-likeness (QED) is 0.350. The van der Waals surface area contributed by atoms with Crippen molar-refractivity contribution in [3.63, 3.8) is 0 Å². The number of para-hydroxylation sites is 1. The number of alkyl halides is 1. The summed E-state index contributed by atoms with van der Waals surface area (Å²) in [6.07, 6.45) is 3.19. The predicted octanol–water partition coefficient (Wildman–Crippen LogP) is 4.75. The molecule has 1 aliphatic rings. The molecule has 0 bridgehead atoms. The molecule has 4 rings (SSSR count). The molecule has 2 heterocycles. The third-order valence-corrected chi connectivity index (χ3v) is 6.43. The van der Waals surface area contributed by atoms with Gasteiger partial charge in [0.1, 0.15) is 16.0 Å². The lowest BCUT2D eigenvalue weighted by Crippen LogP contribution is -2.19. The Labute approximate surface area is 177 Å². The Kier molecular flexibility index (Phi) is 6.42. The average Bonchev–Trinajstić information content (AvgIpc) is 3.34. The van der Waals surface area contributed by atoms with E-state index in [1.165, 1.54) is 0 Å². The Morgan fingerprint density at radius 2 is 2.07 bits per heavy atom. The minimum absolute atomic E-state index is 0.198. The number of hydrogen-bond acceptors (Lipinski definition) is 7. The standard InChI is InChI=1S/C20H23ClFN5OS/c21-17-16(19-25-14-4-1-2-5-15(14)29-19)18(24-13-7-6-12(10-13)11-28)27-20(26-17)23-9-3-8-22/h1-2,4-5,12-13,28H,3,6-11H2,(H2,23,24,26,27)/t12-,13+/m1/s1. The molecule has 3 aromatic rings. The molecule has 0 radical (unpaired) electrons. The Morgan fingerprint density at radius 3 is 2.83 bits per heavy atom. The molecule has 1 aromatic carbocycles. The van der Waals surface area contributed by atoms with Crippen LogP contribution in [0, 0.1) is 5.92 Å². The number of benzene rings is 1. The number of aliphatic hydroxyl groups is 1. The molecule has 0 amide bonds. The predicted molar refractivity (Wildman–Crippen MR) is 117 cm³/mol. The van der Waals surface area contributed by atoms with E-state index >= 15 is 0 Å². The summed E-state index contributed by atoms with van der Waals surface area (Å²) in [5, 5.41) is 17.0. The zero-order valence-corrected chi connectivity index (χ0v) is 17.4. The number of anilines is 2. The van der Waals surface area contributed by atoms with Crippen LogP contribution in [0.3, 0.4) is 0 Å². The van der Waals surface area contributed by atoms with Crippen molar-refractivity contribution in [2.24, 2.45) is 5.92 Å². The van der Waals surface area contributed by atoms with Gasteiger partial charge in [-0.15, -0.1) is 11.3 Å². The molecular weight excluding hydrogens is 413 g/mol. The van der Waals surface area contributed by atoms with Gasteiger partial charge >= 0.3 is 0 Å². The lowest BCUT2D eigenvalue weighted by Gasteiger charge is -2.17. The topological polar surface area (TPSA) is 83.0 Å². The average molecular weight is 436 g/mol. The molecule has 1 aliphatic carbocycles. The van der Waals surface area contributed by atoms with Gasteiger partial charge in [0, 0.05) is 19.2 Å². The molecule has 0 aliphatic heterocycles. The van der Waals surface area contributed by atoms with Gasteiger partial charge in [0.05, 0.1) is 22.5 Å². The maximum atomic E-state index is 12.4. The highest BCUT2D eigenvalue weighted by atomic mass is 35.5. The highest BCUT2D eigenvalue weighted by Crippen LogP contribution is 2.39. The van der Waals surface area contributed by atoms with Crippen LogP contribution in [-0.2, 0) is 0 Å². The van der Waals surface area contributed by atoms with Gasteiger partial charge in [0.2, 0.25) is 5.95 Å². The monoisotopic (exact) mass is 435 g/mol. The minimum atomic E-state index is -0.403. The van der Waals surface area contributed by atoms with Gasteiger partial charge < -0.3 is 15.7 Å². The summed E-state index contributed by atoms with van der Waals surface area (Å²) in [6.45, 7) is 0.229. The van der Waals surface area contributed by atoms with E-state index in [1.54, 1.807) is 11.3 Å². The molecule has 154 valence electrons. The number of rotatable bonds is 8. The zero-order chi connectivity index (χ0) is 20.2. The molecule has 29 heavy (non-hydrogen) atoms. The van der Waals surface area contributed by atoms with Crippen LogP contribution >= 0.6 is 22.9 Å². The van der Waals surface area contributed by atoms with Gasteiger partial charge in [-0.3, -0.25) is 4.39 Å². The van der Waals surface area contributed by atoms with Gasteiger partial charge in [0.15, 0.2) is 0 Å². The molecule has 2 atom stereocenters. The van der Waals surface area contributed by atoms with E-state index in [2.05, 4.69) is 20.6 Å². The van der Waals surface area contributed by atoms with Gasteiger partial charge in [0.25, 0.3) is 0 Å². The molecule has 3 N–H and O–H groups in total. The summed E-state index contributed by atoms with van der Waals surface area (Å²) in [4.78, 5) is 13.7. The second kappa shape index (κ2) is 9.19. The van der Waals surface area contributed by atoms with E-state index in [4.69, 9.17) is 16.6 Å². The number of aromatic nitrogens is 3. The normalized spacial score (nSPS) is 19.0. The van der Waals surface area contributed by atoms with Crippen molar-refractivity contribution >= 4 is 44.9 Å². The summed E-state index contributed by atoms with van der Waals surface area (Å²) in [7, 11) is 0. The van der Waals surface area contributed by atoms with E-state index in [-0.39, 0.29) is 12.6 Å². The first kappa shape index (κ1) is 20.3. The second-order valence-corrected chi connectivity index (χ2v) is 8.61. The smallest absolute Gasteiger partial charge is 0.226 e. The molecule has 0 saturated heterocycles. The Bertz CT molecular complexity index is 952. The van der Waals surface area contributed by atoms with Crippen LogP contribution in [0.1, 0.15) is 25.7 Å². The maximum Gasteiger partial charge on any atom is 0.226 e. The zero-order valence-electron chi connectivity index (χ0n) is 15.9. The molecule has 2 aromatic heterocycles. The Morgan fingerprint density at radius 1 is 1.21 bits per heavy atom. The van der Waals surface area contributed by atoms with Crippen LogP contribution in [0.15, 0.2) is 24.3 Å². The van der Waals surface area contributed by atoms with Crippen LogP contribution in [0.5, 0.6) is 0 Å². The lowest BCUT2D eigenvalue weighted by atomic mass is 10.1. The van der Waals surface area contributed by atoms with Crippen LogP contribution in [0.4, 0.5) is 16.2 Å². The van der Waals surface area contributed by atoms with E-state index in [0.29, 0.717) is 41.4 Å². The summed E-state index contributed by atoms with van der Waals surface area (Å²) in [6, 6.07) is 8.12. The second-order valence-electron chi connectivity index (χ2n) is 7.22. The van der Waals surface area contributed by atoms with Crippen molar-refractivity contribution in [1.82, 2.24) is 15.0 Å². The van der Waals surface area contributed by atoms with Crippen molar-refractivity contribution in [3.05, 3.63) is 29.4 Å². The molecule has 9 heteroatoms. The Balaban J connectivity index is 1.69. The summed E-state index contributed by atoms with van der Waals surface area (Å²) in [5.41, 5.74) is 1.58. The first-order chi connectivity index (χ1) is 14.2. The van der Waals surface area contributed by atoms with E-state index in [9.17, 15) is 9.50 Å². The molecule has 1 saturated carbocycles. The number of nitrogens with zero attached hydrogens (tertiary/aromatic N) is 3. The number of nitrogens with one attached hydrogen (secondary N) is 2. The highest BCUT2D eigenvalue weighted by Gasteiger charge is 2.27. The first-order valence-corrected chi connectivity index (χ1v) is 11.0. The van der Waals surface area contributed by atoms with Crippen LogP contribution in [-0.4, -0.2) is 45.9 Å². The van der Waals surface area contributed by atoms with E-state index in [1.807, 2.05) is 24.3 Å². The molecule has 0 unspecified atom stereocenters. The van der Waals surface area contributed by atoms with Crippen molar-refractivity contribution in [2.45, 2.75) is 31.7 Å². The largest absolute Gasteiger partial charge is 0.396 e. The van der Waals surface area contributed by atoms with E-state index < -0.39 is 6.67 Å². The molecule has 0 spiro atoms. The van der Waals surface area contributed by atoms with Gasteiger partial charge in [-0.1, -0.05) is 23.7 Å². The number of hydrogen-bond donors (Lipinski definition) is 3. The number of thiazole rings is 1. The van der Waals surface area contributed by atoms with Crippen molar-refractivity contribution < 1.29 is 9.50 Å². The third kappa shape index (κ3) is 4.60. The number of halogens is 2. The number of aliphatic hydroxyl groups excluding tert-OH is 1. The molecule has 6 nitrogen and oxygen atoms in total. The fraction of sp³-hybridized carbons (Fsp3) is 0.450. The number of fused-ring (bicyclic) bond motifs is 1. The van der Waals surface area contributed by atoms with E-state index in [0.717, 1.165) is 34.5 Å². The van der Waals surface area contributed by atoms with Gasteiger partial charge in [-0.2, -0.15) is 4.98 Å². The summed E-state index contributed by atoms with van der Waals surface area (Å²) < 4.78 is 13.5. The fourth-order valence-corrected chi connectivity index (χ4v) is 4.95. The molecular formula is C20H23ClFN5OS. The Hall–Kier alpha value is -2.03. The van der Waals surface area contributed by atoms with Crippen molar-refractivity contribution in [1.29, 1.82) is 0 Å². The first-order valence-electron chi connectivity index (χ1n) is 9.78. The highest BCUT2D eigenvalue weighted by molar-refractivity contribution is 7.21. The summed E-state index contributed by atoms with van der Waals surface area (Å²) in [5.74, 6) is 1.29. The maximum absolute atomic E-state index is 12.4. The molecule has 1 fully saturated rings. The van der Waals surface area contributed by atoms with Crippen LogP contribution in [0.25, 0.3) is 20.8 Å². The van der Waals surface area contributed by atoms with Crippen molar-refractivity contribution in [2.75, 3.05) is 30.5 Å². The van der Waals surface area contributed by atoms with Crippen molar-refractivity contribution in [3.8, 4) is 10.6 Å². The van der Waals surface area contributed by atoms with Crippen LogP contribution < -0.4 is 10.6 Å². The SMILES string of the molecule is OC[C@@H]1CC[C@H](Nc2nc(NCCCF)nc(Cl)c2-c2nc3ccccc3s2)C1. The lowest BCUT2D eigenvalue weighted by molar-refractivity contribution is 0.229. The summed E-state index contributed by atoms with van der Waals surface area (Å²) >= 11 is 8.12. The third-order valence-electron chi connectivity index (χ3n) is 5.11.